The molecule has 3 rings (SSSR count). The summed E-state index contributed by atoms with van der Waals surface area (Å²) in [6.45, 7) is 4.70. The number of ether oxygens (including phenoxy) is 1. The summed E-state index contributed by atoms with van der Waals surface area (Å²) in [6.07, 6.45) is 0. The van der Waals surface area contributed by atoms with Crippen molar-refractivity contribution in [3.8, 4) is 17.1 Å². The third-order valence-electron chi connectivity index (χ3n) is 3.24. The van der Waals surface area contributed by atoms with E-state index in [4.69, 9.17) is 9.15 Å². The number of hydrogen-bond donors (Lipinski definition) is 0. The Kier molecular flexibility index (Phi) is 3.38. The van der Waals surface area contributed by atoms with Crippen LogP contribution in [-0.4, -0.2) is 6.61 Å². The standard InChI is InChI=1S/C18H17O2/c1-3-19-18-12-17(14-7-5-4-6-8-14)20-16-10-9-13(2)11-15(16)18/h4-12H,3H2,1-2H3/q+1. The van der Waals surface area contributed by atoms with Gasteiger partial charge < -0.3 is 4.74 Å². The topological polar surface area (TPSA) is 20.5 Å². The van der Waals surface area contributed by atoms with Gasteiger partial charge in [0.05, 0.1) is 18.2 Å². The Hall–Kier alpha value is -2.35. The van der Waals surface area contributed by atoms with Gasteiger partial charge in [-0.25, -0.2) is 4.42 Å². The van der Waals surface area contributed by atoms with Crippen LogP contribution >= 0.6 is 0 Å². The molecule has 0 aliphatic heterocycles. The normalized spacial score (nSPS) is 10.7. The van der Waals surface area contributed by atoms with Crippen LogP contribution < -0.4 is 4.74 Å². The lowest BCUT2D eigenvalue weighted by molar-refractivity contribution is 0.342. The van der Waals surface area contributed by atoms with Crippen molar-refractivity contribution in [2.75, 3.05) is 6.61 Å². The van der Waals surface area contributed by atoms with E-state index in [0.717, 1.165) is 28.0 Å². The van der Waals surface area contributed by atoms with Gasteiger partial charge >= 0.3 is 11.3 Å². The van der Waals surface area contributed by atoms with E-state index in [2.05, 4.69) is 19.1 Å². The number of rotatable bonds is 3. The molecule has 2 aromatic carbocycles. The summed E-state index contributed by atoms with van der Waals surface area (Å²) in [4.78, 5) is 0. The summed E-state index contributed by atoms with van der Waals surface area (Å²) >= 11 is 0. The second-order valence-electron chi connectivity index (χ2n) is 4.77. The number of fused-ring (bicyclic) bond motifs is 1. The first-order valence-electron chi connectivity index (χ1n) is 6.83. The fourth-order valence-corrected chi connectivity index (χ4v) is 2.29. The van der Waals surface area contributed by atoms with Crippen LogP contribution in [0.3, 0.4) is 0 Å². The van der Waals surface area contributed by atoms with E-state index in [1.165, 1.54) is 5.56 Å². The molecule has 2 nitrogen and oxygen atoms in total. The molecule has 0 amide bonds. The minimum Gasteiger partial charge on any atom is -0.493 e. The molecule has 0 bridgehead atoms. The maximum Gasteiger partial charge on any atom is 0.364 e. The van der Waals surface area contributed by atoms with Crippen molar-refractivity contribution in [2.45, 2.75) is 13.8 Å². The highest BCUT2D eigenvalue weighted by Crippen LogP contribution is 2.33. The average Bonchev–Trinajstić information content (AvgIpc) is 2.49. The van der Waals surface area contributed by atoms with E-state index in [9.17, 15) is 0 Å². The molecular formula is C18H17O2+. The van der Waals surface area contributed by atoms with E-state index in [1.54, 1.807) is 0 Å². The molecular weight excluding hydrogens is 248 g/mol. The maximum absolute atomic E-state index is 6.01. The number of aryl methyl sites for hydroxylation is 1. The zero-order valence-corrected chi connectivity index (χ0v) is 11.7. The fraction of sp³-hybridized carbons (Fsp3) is 0.167. The Bertz CT molecular complexity index is 733. The van der Waals surface area contributed by atoms with Crippen LogP contribution in [0, 0.1) is 6.92 Å². The zero-order valence-electron chi connectivity index (χ0n) is 11.7. The van der Waals surface area contributed by atoms with Crippen molar-refractivity contribution in [1.82, 2.24) is 0 Å². The first-order valence-corrected chi connectivity index (χ1v) is 6.83. The monoisotopic (exact) mass is 265 g/mol. The quantitative estimate of drug-likeness (QED) is 0.615. The highest BCUT2D eigenvalue weighted by Gasteiger charge is 2.19. The highest BCUT2D eigenvalue weighted by atomic mass is 16.5. The van der Waals surface area contributed by atoms with Crippen LogP contribution in [0.1, 0.15) is 12.5 Å². The predicted octanol–water partition coefficient (Wildman–Crippen LogP) is 5.09. The molecule has 1 heterocycles. The van der Waals surface area contributed by atoms with Gasteiger partial charge in [0.1, 0.15) is 11.1 Å². The minimum atomic E-state index is 0.640. The summed E-state index contributed by atoms with van der Waals surface area (Å²) in [5.74, 6) is 1.70. The van der Waals surface area contributed by atoms with Gasteiger partial charge in [0, 0.05) is 6.07 Å². The molecule has 0 saturated carbocycles. The molecule has 20 heavy (non-hydrogen) atoms. The highest BCUT2D eigenvalue weighted by molar-refractivity contribution is 5.86. The Balaban J connectivity index is 2.23. The van der Waals surface area contributed by atoms with Gasteiger partial charge in [-0.15, -0.1) is 0 Å². The summed E-state index contributed by atoms with van der Waals surface area (Å²) in [5.41, 5.74) is 3.09. The van der Waals surface area contributed by atoms with Gasteiger partial charge in [-0.3, -0.25) is 0 Å². The molecule has 0 spiro atoms. The lowest BCUT2D eigenvalue weighted by Gasteiger charge is -2.04. The van der Waals surface area contributed by atoms with Crippen LogP contribution in [0.5, 0.6) is 5.75 Å². The molecule has 0 aliphatic rings. The number of hydrogen-bond acceptors (Lipinski definition) is 1. The summed E-state index contributed by atoms with van der Waals surface area (Å²) in [6, 6.07) is 18.2. The molecule has 0 aliphatic carbocycles. The molecule has 1 aromatic heterocycles. The van der Waals surface area contributed by atoms with Crippen molar-refractivity contribution in [1.29, 1.82) is 0 Å². The molecule has 0 unspecified atom stereocenters. The average molecular weight is 265 g/mol. The first-order chi connectivity index (χ1) is 9.78. The molecule has 0 N–H and O–H groups in total. The van der Waals surface area contributed by atoms with Crippen LogP contribution in [0.15, 0.2) is 59.0 Å². The van der Waals surface area contributed by atoms with Gasteiger partial charge in [-0.05, 0) is 43.7 Å². The van der Waals surface area contributed by atoms with Gasteiger partial charge in [0.25, 0.3) is 0 Å². The SMILES string of the molecule is CCOc1cc(-c2ccccc2)[o+]c2ccc(C)cc12. The van der Waals surface area contributed by atoms with Gasteiger partial charge in [-0.1, -0.05) is 18.2 Å². The van der Waals surface area contributed by atoms with Crippen molar-refractivity contribution >= 4 is 11.0 Å². The zero-order chi connectivity index (χ0) is 13.9. The summed E-state index contributed by atoms with van der Waals surface area (Å²) in [7, 11) is 0. The van der Waals surface area contributed by atoms with E-state index in [0.29, 0.717) is 6.61 Å². The van der Waals surface area contributed by atoms with E-state index < -0.39 is 0 Å². The lowest BCUT2D eigenvalue weighted by atomic mass is 10.1. The van der Waals surface area contributed by atoms with Crippen molar-refractivity contribution in [2.24, 2.45) is 0 Å². The third kappa shape index (κ3) is 2.37. The smallest absolute Gasteiger partial charge is 0.364 e. The number of benzene rings is 2. The molecule has 0 atom stereocenters. The van der Waals surface area contributed by atoms with Gasteiger partial charge in [0.2, 0.25) is 0 Å². The lowest BCUT2D eigenvalue weighted by Crippen LogP contribution is -1.93. The second kappa shape index (κ2) is 5.33. The minimum absolute atomic E-state index is 0.640. The molecule has 3 aromatic rings. The Morgan fingerprint density at radius 2 is 1.80 bits per heavy atom. The predicted molar refractivity (Wildman–Crippen MR) is 82.0 cm³/mol. The van der Waals surface area contributed by atoms with E-state index in [-0.39, 0.29) is 0 Å². The van der Waals surface area contributed by atoms with Crippen LogP contribution in [0.25, 0.3) is 22.3 Å². The second-order valence-corrected chi connectivity index (χ2v) is 4.77. The molecule has 100 valence electrons. The van der Waals surface area contributed by atoms with Crippen molar-refractivity contribution < 1.29 is 9.15 Å². The Morgan fingerprint density at radius 1 is 1.00 bits per heavy atom. The van der Waals surface area contributed by atoms with Crippen LogP contribution in [-0.2, 0) is 0 Å². The van der Waals surface area contributed by atoms with E-state index in [1.807, 2.05) is 49.4 Å². The summed E-state index contributed by atoms with van der Waals surface area (Å²) in [5, 5.41) is 1.02. The Morgan fingerprint density at radius 3 is 2.55 bits per heavy atom. The van der Waals surface area contributed by atoms with Crippen molar-refractivity contribution in [3.63, 3.8) is 0 Å². The van der Waals surface area contributed by atoms with Crippen LogP contribution in [0.2, 0.25) is 0 Å². The Labute approximate surface area is 118 Å². The summed E-state index contributed by atoms with van der Waals surface area (Å²) < 4.78 is 11.8. The molecule has 0 fully saturated rings. The first kappa shape index (κ1) is 12.7. The van der Waals surface area contributed by atoms with Crippen molar-refractivity contribution in [3.05, 3.63) is 60.2 Å². The maximum atomic E-state index is 6.01. The largest absolute Gasteiger partial charge is 0.493 e. The molecule has 0 saturated heterocycles. The van der Waals surface area contributed by atoms with E-state index >= 15 is 0 Å². The van der Waals surface area contributed by atoms with Gasteiger partial charge in [-0.2, -0.15) is 0 Å². The fourth-order valence-electron chi connectivity index (χ4n) is 2.29. The van der Waals surface area contributed by atoms with Gasteiger partial charge in [0.15, 0.2) is 0 Å². The molecule has 0 radical (unpaired) electrons. The van der Waals surface area contributed by atoms with Crippen LogP contribution in [0.4, 0.5) is 0 Å². The molecule has 2 heteroatoms. The third-order valence-corrected chi connectivity index (χ3v) is 3.24.